The van der Waals surface area contributed by atoms with Gasteiger partial charge in [-0.15, -0.1) is 0 Å². The molecule has 0 aliphatic heterocycles. The van der Waals surface area contributed by atoms with Crippen molar-refractivity contribution in [2.75, 3.05) is 13.2 Å². The van der Waals surface area contributed by atoms with E-state index in [4.69, 9.17) is 9.84 Å². The Morgan fingerprint density at radius 1 is 0.926 bits per heavy atom. The number of carbonyl (C=O) groups is 2. The van der Waals surface area contributed by atoms with Crippen LogP contribution in [-0.4, -0.2) is 41.3 Å². The van der Waals surface area contributed by atoms with Crippen LogP contribution in [0.5, 0.6) is 5.75 Å². The number of hydrogen-bond acceptors (Lipinski definition) is 4. The fourth-order valence-electron chi connectivity index (χ4n) is 2.74. The molecule has 0 radical (unpaired) electrons. The second kappa shape index (κ2) is 8.33. The molecule has 0 saturated carbocycles. The molecular weight excluding hydrogens is 346 g/mol. The number of aromatic carboxylic acids is 1. The highest BCUT2D eigenvalue weighted by Gasteiger charge is 2.16. The first-order valence-electron chi connectivity index (χ1n) is 8.45. The van der Waals surface area contributed by atoms with Crippen LogP contribution in [-0.2, 0) is 0 Å². The van der Waals surface area contributed by atoms with Gasteiger partial charge in [0.1, 0.15) is 18.5 Å². The van der Waals surface area contributed by atoms with E-state index < -0.39 is 18.0 Å². The molecule has 0 heterocycles. The maximum Gasteiger partial charge on any atom is 0.336 e. The Morgan fingerprint density at radius 3 is 2.37 bits per heavy atom. The minimum Gasteiger partial charge on any atom is -0.490 e. The number of hydrogen-bond donors (Lipinski definition) is 3. The lowest BCUT2D eigenvalue weighted by molar-refractivity contribution is 0.0689. The molecule has 3 aromatic rings. The lowest BCUT2D eigenvalue weighted by Gasteiger charge is -2.15. The van der Waals surface area contributed by atoms with Gasteiger partial charge in [-0.05, 0) is 23.6 Å². The molecule has 1 atom stereocenters. The molecule has 3 aromatic carbocycles. The van der Waals surface area contributed by atoms with E-state index in [1.165, 1.54) is 12.1 Å². The fourth-order valence-corrected chi connectivity index (χ4v) is 2.74. The number of amides is 1. The van der Waals surface area contributed by atoms with Crippen LogP contribution >= 0.6 is 0 Å². The summed E-state index contributed by atoms with van der Waals surface area (Å²) in [5.41, 5.74) is -0.0383. The van der Waals surface area contributed by atoms with Gasteiger partial charge in [-0.25, -0.2) is 4.79 Å². The Morgan fingerprint density at radius 2 is 1.59 bits per heavy atom. The number of fused-ring (bicyclic) bond motifs is 1. The summed E-state index contributed by atoms with van der Waals surface area (Å²) < 4.78 is 5.69. The summed E-state index contributed by atoms with van der Waals surface area (Å²) in [5, 5.41) is 23.7. The molecule has 27 heavy (non-hydrogen) atoms. The molecule has 0 spiro atoms. The number of carboxylic acid groups (broad SMARTS) is 1. The minimum atomic E-state index is -1.18. The number of ether oxygens (including phenoxy) is 1. The van der Waals surface area contributed by atoms with Gasteiger partial charge in [0.25, 0.3) is 5.91 Å². The summed E-state index contributed by atoms with van der Waals surface area (Å²) in [4.78, 5) is 23.4. The molecule has 6 heteroatoms. The number of carboxylic acids is 1. The monoisotopic (exact) mass is 365 g/mol. The highest BCUT2D eigenvalue weighted by atomic mass is 16.5. The van der Waals surface area contributed by atoms with Gasteiger partial charge >= 0.3 is 5.97 Å². The van der Waals surface area contributed by atoms with E-state index in [1.54, 1.807) is 12.1 Å². The summed E-state index contributed by atoms with van der Waals surface area (Å²) in [6, 6.07) is 19.3. The van der Waals surface area contributed by atoms with Crippen molar-refractivity contribution in [3.8, 4) is 5.75 Å². The summed E-state index contributed by atoms with van der Waals surface area (Å²) >= 11 is 0. The molecule has 138 valence electrons. The summed E-state index contributed by atoms with van der Waals surface area (Å²) in [5.74, 6) is -1.09. The van der Waals surface area contributed by atoms with E-state index in [0.717, 1.165) is 10.8 Å². The van der Waals surface area contributed by atoms with E-state index in [2.05, 4.69) is 5.32 Å². The molecule has 0 bridgehead atoms. The molecule has 0 saturated heterocycles. The number of carbonyl (C=O) groups excluding carboxylic acids is 1. The van der Waals surface area contributed by atoms with Gasteiger partial charge in [-0.2, -0.15) is 0 Å². The van der Waals surface area contributed by atoms with Crippen LogP contribution in [0, 0.1) is 0 Å². The fraction of sp³-hybridized carbons (Fsp3) is 0.143. The molecule has 1 unspecified atom stereocenters. The number of nitrogens with one attached hydrogen (secondary N) is 1. The summed E-state index contributed by atoms with van der Waals surface area (Å²) in [6.07, 6.45) is -0.940. The van der Waals surface area contributed by atoms with Gasteiger partial charge in [-0.3, -0.25) is 4.79 Å². The van der Waals surface area contributed by atoms with Gasteiger partial charge < -0.3 is 20.3 Å². The predicted octanol–water partition coefficient (Wildman–Crippen LogP) is 2.71. The van der Waals surface area contributed by atoms with Crippen molar-refractivity contribution in [3.63, 3.8) is 0 Å². The van der Waals surface area contributed by atoms with Crippen molar-refractivity contribution in [2.24, 2.45) is 0 Å². The molecule has 0 fully saturated rings. The van der Waals surface area contributed by atoms with E-state index in [-0.39, 0.29) is 24.3 Å². The largest absolute Gasteiger partial charge is 0.490 e. The first-order valence-corrected chi connectivity index (χ1v) is 8.45. The molecule has 0 aromatic heterocycles. The van der Waals surface area contributed by atoms with E-state index in [1.807, 2.05) is 42.5 Å². The Balaban J connectivity index is 1.58. The molecule has 1 amide bonds. The van der Waals surface area contributed by atoms with Gasteiger partial charge in [0.05, 0.1) is 11.1 Å². The lowest BCUT2D eigenvalue weighted by atomic mass is 10.1. The molecule has 6 nitrogen and oxygen atoms in total. The van der Waals surface area contributed by atoms with Crippen LogP contribution in [0.1, 0.15) is 20.7 Å². The standard InChI is InChI=1S/C21H19NO5/c23-15(12-22-20(24)17-9-3-4-10-18(17)21(25)26)13-27-19-11-5-7-14-6-1-2-8-16(14)19/h1-11,15,23H,12-13H2,(H,22,24)(H,25,26). The first-order chi connectivity index (χ1) is 13.1. The van der Waals surface area contributed by atoms with E-state index in [9.17, 15) is 14.7 Å². The van der Waals surface area contributed by atoms with Gasteiger partial charge in [0.15, 0.2) is 0 Å². The first kappa shape index (κ1) is 18.4. The highest BCUT2D eigenvalue weighted by Crippen LogP contribution is 2.25. The SMILES string of the molecule is O=C(O)c1ccccc1C(=O)NCC(O)COc1cccc2ccccc12. The second-order valence-electron chi connectivity index (χ2n) is 6.00. The summed E-state index contributed by atoms with van der Waals surface area (Å²) in [7, 11) is 0. The number of rotatable bonds is 7. The smallest absolute Gasteiger partial charge is 0.336 e. The van der Waals surface area contributed by atoms with E-state index >= 15 is 0 Å². The zero-order chi connectivity index (χ0) is 19.2. The summed E-state index contributed by atoms with van der Waals surface area (Å²) in [6.45, 7) is -0.0631. The third-order valence-electron chi connectivity index (χ3n) is 4.08. The zero-order valence-electron chi connectivity index (χ0n) is 14.5. The second-order valence-corrected chi connectivity index (χ2v) is 6.00. The van der Waals surface area contributed by atoms with Crippen molar-refractivity contribution in [3.05, 3.63) is 77.9 Å². The number of aliphatic hydroxyl groups excluding tert-OH is 1. The number of benzene rings is 3. The predicted molar refractivity (Wildman–Crippen MR) is 101 cm³/mol. The molecule has 0 aliphatic rings. The third-order valence-corrected chi connectivity index (χ3v) is 4.08. The van der Waals surface area contributed by atoms with Gasteiger partial charge in [0, 0.05) is 11.9 Å². The van der Waals surface area contributed by atoms with Crippen LogP contribution in [0.25, 0.3) is 10.8 Å². The molecule has 0 aliphatic carbocycles. The zero-order valence-corrected chi connectivity index (χ0v) is 14.5. The minimum absolute atomic E-state index is 0.00509. The van der Waals surface area contributed by atoms with Crippen molar-refractivity contribution in [1.29, 1.82) is 0 Å². The van der Waals surface area contributed by atoms with Gasteiger partial charge in [-0.1, -0.05) is 48.5 Å². The Kier molecular flexibility index (Phi) is 5.68. The van der Waals surface area contributed by atoms with Gasteiger partial charge in [0.2, 0.25) is 0 Å². The van der Waals surface area contributed by atoms with Crippen molar-refractivity contribution in [1.82, 2.24) is 5.32 Å². The quantitative estimate of drug-likeness (QED) is 0.598. The number of aliphatic hydroxyl groups is 1. The molecule has 3 rings (SSSR count). The maximum absolute atomic E-state index is 12.2. The maximum atomic E-state index is 12.2. The molecular formula is C21H19NO5. The van der Waals surface area contributed by atoms with Crippen LogP contribution in [0.3, 0.4) is 0 Å². The van der Waals surface area contributed by atoms with Crippen LogP contribution in [0.2, 0.25) is 0 Å². The average Bonchev–Trinajstić information content (AvgIpc) is 2.70. The van der Waals surface area contributed by atoms with Crippen LogP contribution in [0.4, 0.5) is 0 Å². The van der Waals surface area contributed by atoms with Crippen LogP contribution in [0.15, 0.2) is 66.7 Å². The Bertz CT molecular complexity index is 964. The Labute approximate surface area is 156 Å². The van der Waals surface area contributed by atoms with Crippen molar-refractivity contribution < 1.29 is 24.5 Å². The topological polar surface area (TPSA) is 95.9 Å². The normalized spacial score (nSPS) is 11.7. The molecule has 3 N–H and O–H groups in total. The van der Waals surface area contributed by atoms with E-state index in [0.29, 0.717) is 5.75 Å². The third kappa shape index (κ3) is 4.43. The highest BCUT2D eigenvalue weighted by molar-refractivity contribution is 6.04. The van der Waals surface area contributed by atoms with Crippen molar-refractivity contribution in [2.45, 2.75) is 6.10 Å². The van der Waals surface area contributed by atoms with Crippen molar-refractivity contribution >= 4 is 22.6 Å². The van der Waals surface area contributed by atoms with Crippen LogP contribution < -0.4 is 10.1 Å². The Hall–Kier alpha value is -3.38. The lowest BCUT2D eigenvalue weighted by Crippen LogP contribution is -2.35. The average molecular weight is 365 g/mol.